The highest BCUT2D eigenvalue weighted by molar-refractivity contribution is 5.41. The van der Waals surface area contributed by atoms with Crippen molar-refractivity contribution in [2.24, 2.45) is 0 Å². The average Bonchev–Trinajstić information content (AvgIpc) is 2.74. The van der Waals surface area contributed by atoms with Gasteiger partial charge in [0.1, 0.15) is 5.69 Å². The Bertz CT molecular complexity index is 447. The fraction of sp³-hybridized carbons (Fsp3) is 0.778. The summed E-state index contributed by atoms with van der Waals surface area (Å²) >= 11 is 0. The molecule has 0 saturated carbocycles. The first kappa shape index (κ1) is 28.5. The summed E-state index contributed by atoms with van der Waals surface area (Å²) in [5, 5.41) is 0. The van der Waals surface area contributed by atoms with Gasteiger partial charge in [-0.3, -0.25) is 4.48 Å². The molecule has 1 atom stereocenters. The van der Waals surface area contributed by atoms with E-state index < -0.39 is 0 Å². The first-order valence-corrected chi connectivity index (χ1v) is 12.6. The van der Waals surface area contributed by atoms with Crippen LogP contribution in [0.3, 0.4) is 0 Å². The van der Waals surface area contributed by atoms with Crippen LogP contribution in [0.4, 0.5) is 5.69 Å². The molecule has 1 rings (SSSR count). The molecule has 0 fully saturated rings. The van der Waals surface area contributed by atoms with E-state index in [2.05, 4.69) is 51.2 Å². The molecule has 0 aliphatic carbocycles. The molecule has 0 radical (unpaired) electrons. The smallest absolute Gasteiger partial charge is 0.132 e. The van der Waals surface area contributed by atoms with E-state index in [1.165, 1.54) is 122 Å². The Labute approximate surface area is 189 Å². The zero-order chi connectivity index (χ0) is 20.3. The molecule has 1 aromatic carbocycles. The zero-order valence-corrected chi connectivity index (χ0v) is 20.7. The fourth-order valence-corrected chi connectivity index (χ4v) is 4.27. The van der Waals surface area contributed by atoms with Gasteiger partial charge in [0, 0.05) is 0 Å². The van der Waals surface area contributed by atoms with Crippen LogP contribution in [0.1, 0.15) is 117 Å². The summed E-state index contributed by atoms with van der Waals surface area (Å²) in [6.45, 7) is 7.08. The predicted octanol–water partition coefficient (Wildman–Crippen LogP) is 5.91. The highest BCUT2D eigenvalue weighted by Crippen LogP contribution is 2.21. The molecule has 1 aromatic rings. The van der Waals surface area contributed by atoms with Gasteiger partial charge in [-0.15, -0.1) is 0 Å². The molecule has 0 aromatic heterocycles. The van der Waals surface area contributed by atoms with Gasteiger partial charge in [-0.1, -0.05) is 115 Å². The Morgan fingerprint density at radius 1 is 0.552 bits per heavy atom. The zero-order valence-electron chi connectivity index (χ0n) is 19.9. The minimum absolute atomic E-state index is 0. The minimum Gasteiger partial charge on any atom is -1.00 e. The molecular weight excluding hydrogens is 374 g/mol. The van der Waals surface area contributed by atoms with Gasteiger partial charge in [0.05, 0.1) is 20.1 Å². The maximum atomic E-state index is 2.39. The van der Waals surface area contributed by atoms with Crippen molar-refractivity contribution in [3.63, 3.8) is 0 Å². The standard InChI is InChI=1S/C27H50N.ClH/c1-4-6-7-8-9-10-11-12-13-14-15-16-17-18-19-23-26-28(3,5-2)27-24-21-20-22-25-27;/h20-22,24-25H,4-19,23,26H2,1-3H3;1H/q+1;/p-1. The van der Waals surface area contributed by atoms with E-state index in [-0.39, 0.29) is 12.4 Å². The molecule has 2 heteroatoms. The van der Waals surface area contributed by atoms with Crippen LogP contribution in [0.15, 0.2) is 30.3 Å². The van der Waals surface area contributed by atoms with Crippen molar-refractivity contribution in [3.8, 4) is 0 Å². The Morgan fingerprint density at radius 3 is 1.31 bits per heavy atom. The number of hydrogen-bond acceptors (Lipinski definition) is 0. The number of halogens is 1. The Hall–Kier alpha value is -0.530. The molecule has 0 amide bonds. The molecule has 0 N–H and O–H groups in total. The molecule has 0 spiro atoms. The van der Waals surface area contributed by atoms with E-state index >= 15 is 0 Å². The maximum Gasteiger partial charge on any atom is 0.132 e. The second kappa shape index (κ2) is 19.4. The molecular formula is C27H50ClN. The first-order chi connectivity index (χ1) is 13.7. The molecule has 29 heavy (non-hydrogen) atoms. The van der Waals surface area contributed by atoms with E-state index in [1.54, 1.807) is 0 Å². The minimum atomic E-state index is 0. The van der Waals surface area contributed by atoms with E-state index in [0.29, 0.717) is 0 Å². The topological polar surface area (TPSA) is 0 Å². The van der Waals surface area contributed by atoms with Gasteiger partial charge >= 0.3 is 0 Å². The lowest BCUT2D eigenvalue weighted by Crippen LogP contribution is -3.00. The fourth-order valence-electron chi connectivity index (χ4n) is 4.27. The van der Waals surface area contributed by atoms with Crippen LogP contribution >= 0.6 is 0 Å². The van der Waals surface area contributed by atoms with Crippen LogP contribution in [0.2, 0.25) is 0 Å². The van der Waals surface area contributed by atoms with E-state index in [9.17, 15) is 0 Å². The lowest BCUT2D eigenvalue weighted by atomic mass is 10.0. The van der Waals surface area contributed by atoms with Gasteiger partial charge in [0.15, 0.2) is 0 Å². The van der Waals surface area contributed by atoms with E-state index in [0.717, 1.165) is 4.48 Å². The number of nitrogens with zero attached hydrogens (tertiary/aromatic N) is 1. The lowest BCUT2D eigenvalue weighted by Gasteiger charge is -2.33. The highest BCUT2D eigenvalue weighted by Gasteiger charge is 2.21. The van der Waals surface area contributed by atoms with Crippen LogP contribution < -0.4 is 16.9 Å². The van der Waals surface area contributed by atoms with Gasteiger partial charge < -0.3 is 12.4 Å². The Balaban J connectivity index is 0.00000784. The summed E-state index contributed by atoms with van der Waals surface area (Å²) < 4.78 is 1.08. The van der Waals surface area contributed by atoms with Crippen molar-refractivity contribution in [1.29, 1.82) is 0 Å². The molecule has 0 aliphatic rings. The van der Waals surface area contributed by atoms with Gasteiger partial charge in [-0.05, 0) is 31.9 Å². The normalized spacial score (nSPS) is 13.1. The van der Waals surface area contributed by atoms with Crippen LogP contribution in [0.5, 0.6) is 0 Å². The summed E-state index contributed by atoms with van der Waals surface area (Å²) in [4.78, 5) is 0. The molecule has 170 valence electrons. The third kappa shape index (κ3) is 14.2. The molecule has 0 bridgehead atoms. The molecule has 0 saturated heterocycles. The maximum absolute atomic E-state index is 2.39. The number of rotatable bonds is 19. The Kier molecular flexibility index (Phi) is 19.1. The van der Waals surface area contributed by atoms with Gasteiger partial charge in [0.2, 0.25) is 0 Å². The predicted molar refractivity (Wildman–Crippen MR) is 129 cm³/mol. The van der Waals surface area contributed by atoms with E-state index in [4.69, 9.17) is 0 Å². The average molecular weight is 424 g/mol. The largest absolute Gasteiger partial charge is 1.00 e. The molecule has 1 nitrogen and oxygen atoms in total. The van der Waals surface area contributed by atoms with Gasteiger partial charge in [-0.2, -0.15) is 0 Å². The second-order valence-electron chi connectivity index (χ2n) is 9.07. The number of quaternary nitrogens is 1. The summed E-state index contributed by atoms with van der Waals surface area (Å²) in [5.41, 5.74) is 1.46. The highest BCUT2D eigenvalue weighted by atomic mass is 35.5. The van der Waals surface area contributed by atoms with Crippen molar-refractivity contribution in [1.82, 2.24) is 4.48 Å². The number of hydrogen-bond donors (Lipinski definition) is 0. The number of para-hydroxylation sites is 1. The summed E-state index contributed by atoms with van der Waals surface area (Å²) in [7, 11) is 2.39. The van der Waals surface area contributed by atoms with Gasteiger partial charge in [-0.25, -0.2) is 0 Å². The second-order valence-corrected chi connectivity index (χ2v) is 9.07. The quantitative estimate of drug-likeness (QED) is 0.191. The Morgan fingerprint density at radius 2 is 0.931 bits per heavy atom. The molecule has 1 unspecified atom stereocenters. The van der Waals surface area contributed by atoms with Crippen molar-refractivity contribution in [2.45, 2.75) is 117 Å². The first-order valence-electron chi connectivity index (χ1n) is 12.6. The number of benzene rings is 1. The van der Waals surface area contributed by atoms with Crippen molar-refractivity contribution in [3.05, 3.63) is 30.3 Å². The monoisotopic (exact) mass is 423 g/mol. The summed E-state index contributed by atoms with van der Waals surface area (Å²) in [6.07, 6.45) is 23.1. The van der Waals surface area contributed by atoms with Crippen molar-refractivity contribution < 1.29 is 12.4 Å². The van der Waals surface area contributed by atoms with Crippen molar-refractivity contribution >= 4 is 5.69 Å². The number of unbranched alkanes of at least 4 members (excludes halogenated alkanes) is 15. The molecule has 0 aliphatic heterocycles. The van der Waals surface area contributed by atoms with E-state index in [1.807, 2.05) is 0 Å². The van der Waals surface area contributed by atoms with Crippen LogP contribution in [-0.4, -0.2) is 20.1 Å². The van der Waals surface area contributed by atoms with Crippen LogP contribution in [0, 0.1) is 0 Å². The van der Waals surface area contributed by atoms with Crippen LogP contribution in [-0.2, 0) is 0 Å². The molecule has 0 heterocycles. The SMILES string of the molecule is CCCCCCCCCCCCCCCCCC[N+](C)(CC)c1ccccc1.[Cl-]. The summed E-state index contributed by atoms with van der Waals surface area (Å²) in [6, 6.07) is 11.0. The third-order valence-corrected chi connectivity index (χ3v) is 6.58. The third-order valence-electron chi connectivity index (χ3n) is 6.58. The van der Waals surface area contributed by atoms with Crippen molar-refractivity contribution in [2.75, 3.05) is 20.1 Å². The van der Waals surface area contributed by atoms with Crippen LogP contribution in [0.25, 0.3) is 0 Å². The van der Waals surface area contributed by atoms with Gasteiger partial charge in [0.25, 0.3) is 0 Å². The lowest BCUT2D eigenvalue weighted by molar-refractivity contribution is -0.00000619. The summed E-state index contributed by atoms with van der Waals surface area (Å²) in [5.74, 6) is 0.